The number of rotatable bonds is 0. The second-order valence-electron chi connectivity index (χ2n) is 17.8. The number of benzene rings is 7. The first-order valence-corrected chi connectivity index (χ1v) is 18.7. The van der Waals surface area contributed by atoms with Crippen molar-refractivity contribution in [2.45, 2.75) is 59.3 Å². The molecular weight excluding hydrogens is 632 g/mol. The maximum atomic E-state index is 7.17. The molecule has 8 aromatic rings. The van der Waals surface area contributed by atoms with Gasteiger partial charge in [0, 0.05) is 33.1 Å². The minimum absolute atomic E-state index is 0.0197. The molecule has 3 nitrogen and oxygen atoms in total. The Hall–Kier alpha value is -5.41. The third-order valence-corrected chi connectivity index (χ3v) is 12.7. The summed E-state index contributed by atoms with van der Waals surface area (Å²) in [6.07, 6.45) is 0. The standard InChI is InChI=1S/C47H37B2NO2/c1-24-44-39-43-40-45(24)52-38-19-28-15-11-9-13-26(28)17-34(38)49(40)36-23-30(47(5,6)7)21-32-31-20-29(46(2,3)4)22-35(41(31)50(43)42(32)36)48(39)33-16-25-12-8-10-14-27(25)18-37(33)51-44/h8-23H,1-7H3. The van der Waals surface area contributed by atoms with E-state index in [1.807, 2.05) is 0 Å². The summed E-state index contributed by atoms with van der Waals surface area (Å²) in [5.41, 5.74) is 15.4. The molecule has 0 spiro atoms. The van der Waals surface area contributed by atoms with Crippen molar-refractivity contribution in [2.75, 3.05) is 0 Å². The van der Waals surface area contributed by atoms with Gasteiger partial charge in [-0.1, -0.05) is 114 Å². The van der Waals surface area contributed by atoms with Gasteiger partial charge in [0.1, 0.15) is 23.0 Å². The maximum Gasteiger partial charge on any atom is 0.256 e. The second-order valence-corrected chi connectivity index (χ2v) is 17.8. The van der Waals surface area contributed by atoms with E-state index in [1.165, 1.54) is 92.9 Å². The van der Waals surface area contributed by atoms with E-state index in [4.69, 9.17) is 9.47 Å². The van der Waals surface area contributed by atoms with Gasteiger partial charge in [-0.15, -0.1) is 0 Å². The average molecular weight is 669 g/mol. The molecule has 0 atom stereocenters. The molecule has 0 saturated carbocycles. The molecule has 0 saturated heterocycles. The predicted octanol–water partition coefficient (Wildman–Crippen LogP) is 7.86. The van der Waals surface area contributed by atoms with E-state index in [0.29, 0.717) is 0 Å². The smallest absolute Gasteiger partial charge is 0.256 e. The number of ether oxygens (including phenoxy) is 2. The molecule has 4 aliphatic heterocycles. The van der Waals surface area contributed by atoms with Gasteiger partial charge in [-0.2, -0.15) is 0 Å². The summed E-state index contributed by atoms with van der Waals surface area (Å²) in [6.45, 7) is 16.4. The molecule has 0 radical (unpaired) electrons. The van der Waals surface area contributed by atoms with Crippen molar-refractivity contribution in [1.82, 2.24) is 4.57 Å². The largest absolute Gasteiger partial charge is 0.458 e. The SMILES string of the molecule is Cc1c2c3c4c5c1Oc1cc6ccccc6cc1B5c1cc(C(C)(C)C)cc5c6cc(C(C)(C)C)cc(c6n-4c15)B3c1cc3ccccc3cc1O2. The quantitative estimate of drug-likeness (QED) is 0.154. The van der Waals surface area contributed by atoms with Gasteiger partial charge in [0.05, 0.1) is 0 Å². The lowest BCUT2D eigenvalue weighted by molar-refractivity contribution is 0.459. The fourth-order valence-electron chi connectivity index (χ4n) is 10.1. The molecule has 1 aromatic heterocycles. The summed E-state index contributed by atoms with van der Waals surface area (Å²) in [4.78, 5) is 0. The van der Waals surface area contributed by atoms with Gasteiger partial charge in [0.15, 0.2) is 0 Å². The van der Waals surface area contributed by atoms with Gasteiger partial charge in [0.25, 0.3) is 13.4 Å². The number of fused-ring (bicyclic) bond motifs is 9. The third kappa shape index (κ3) is 3.46. The van der Waals surface area contributed by atoms with Crippen LogP contribution in [0.25, 0.3) is 49.0 Å². The topological polar surface area (TPSA) is 23.4 Å². The van der Waals surface area contributed by atoms with Gasteiger partial charge in [-0.25, -0.2) is 0 Å². The van der Waals surface area contributed by atoms with Crippen molar-refractivity contribution in [2.24, 2.45) is 0 Å². The first-order valence-electron chi connectivity index (χ1n) is 18.7. The number of hydrogen-bond acceptors (Lipinski definition) is 2. The zero-order chi connectivity index (χ0) is 35.2. The Morgan fingerprint density at radius 3 is 1.31 bits per heavy atom. The minimum atomic E-state index is -0.0333. The number of hydrogen-bond donors (Lipinski definition) is 0. The third-order valence-electron chi connectivity index (χ3n) is 12.7. The van der Waals surface area contributed by atoms with E-state index in [2.05, 4.69) is 150 Å². The molecule has 0 amide bonds. The Morgan fingerprint density at radius 1 is 0.500 bits per heavy atom. The zero-order valence-corrected chi connectivity index (χ0v) is 30.7. The molecule has 0 fully saturated rings. The van der Waals surface area contributed by atoms with Crippen LogP contribution in [0.15, 0.2) is 97.1 Å². The van der Waals surface area contributed by atoms with Crippen LogP contribution in [0.2, 0.25) is 0 Å². The first-order chi connectivity index (χ1) is 25.0. The average Bonchev–Trinajstić information content (AvgIpc) is 3.46. The van der Waals surface area contributed by atoms with Crippen LogP contribution in [0.1, 0.15) is 58.2 Å². The maximum absolute atomic E-state index is 7.17. The van der Waals surface area contributed by atoms with Crippen LogP contribution in [-0.2, 0) is 10.8 Å². The normalized spacial score (nSPS) is 14.7. The van der Waals surface area contributed by atoms with Gasteiger partial charge >= 0.3 is 0 Å². The fraction of sp³-hybridized carbons (Fsp3) is 0.191. The highest BCUT2D eigenvalue weighted by Crippen LogP contribution is 2.46. The molecule has 0 N–H and O–H groups in total. The highest BCUT2D eigenvalue weighted by Gasteiger charge is 2.50. The van der Waals surface area contributed by atoms with Crippen molar-refractivity contribution >= 4 is 89.6 Å². The Balaban J connectivity index is 1.33. The molecule has 5 heterocycles. The lowest BCUT2D eigenvalue weighted by Crippen LogP contribution is -2.65. The number of aromatic nitrogens is 1. The first kappa shape index (κ1) is 29.2. The molecule has 0 unspecified atom stereocenters. The molecule has 7 aromatic carbocycles. The van der Waals surface area contributed by atoms with Gasteiger partial charge < -0.3 is 14.0 Å². The van der Waals surface area contributed by atoms with E-state index in [9.17, 15) is 0 Å². The fourth-order valence-corrected chi connectivity index (χ4v) is 10.1. The van der Waals surface area contributed by atoms with Gasteiger partial charge in [-0.3, -0.25) is 0 Å². The zero-order valence-electron chi connectivity index (χ0n) is 30.7. The Labute approximate surface area is 304 Å². The van der Waals surface area contributed by atoms with Crippen molar-refractivity contribution in [1.29, 1.82) is 0 Å². The molecular formula is C47H37B2NO2. The van der Waals surface area contributed by atoms with Gasteiger partial charge in [0.2, 0.25) is 0 Å². The molecule has 12 rings (SSSR count). The molecule has 5 heteroatoms. The molecule has 52 heavy (non-hydrogen) atoms. The summed E-state index contributed by atoms with van der Waals surface area (Å²) in [6, 6.07) is 36.7. The molecule has 0 aliphatic carbocycles. The summed E-state index contributed by atoms with van der Waals surface area (Å²) < 4.78 is 17.0. The highest BCUT2D eigenvalue weighted by molar-refractivity contribution is 7.03. The monoisotopic (exact) mass is 669 g/mol. The van der Waals surface area contributed by atoms with E-state index in [1.54, 1.807) is 0 Å². The van der Waals surface area contributed by atoms with E-state index < -0.39 is 0 Å². The minimum Gasteiger partial charge on any atom is -0.458 e. The Kier molecular flexibility index (Phi) is 5.13. The van der Waals surface area contributed by atoms with Crippen LogP contribution < -0.4 is 42.3 Å². The molecule has 248 valence electrons. The van der Waals surface area contributed by atoms with Crippen LogP contribution in [0.5, 0.6) is 23.0 Å². The number of nitrogens with zero attached hydrogens (tertiary/aromatic N) is 1. The summed E-state index contributed by atoms with van der Waals surface area (Å²) in [5.74, 6) is 3.77. The molecule has 4 aliphatic rings. The lowest BCUT2D eigenvalue weighted by atomic mass is 9.30. The van der Waals surface area contributed by atoms with E-state index in [0.717, 1.165) is 28.6 Å². The van der Waals surface area contributed by atoms with Crippen LogP contribution in [0.3, 0.4) is 0 Å². The van der Waals surface area contributed by atoms with Crippen molar-refractivity contribution < 1.29 is 9.47 Å². The van der Waals surface area contributed by atoms with Crippen LogP contribution in [-0.4, -0.2) is 18.0 Å². The predicted molar refractivity (Wildman–Crippen MR) is 220 cm³/mol. The van der Waals surface area contributed by atoms with Crippen molar-refractivity contribution in [3.63, 3.8) is 0 Å². The van der Waals surface area contributed by atoms with E-state index in [-0.39, 0.29) is 24.3 Å². The lowest BCUT2D eigenvalue weighted by Gasteiger charge is -2.42. The van der Waals surface area contributed by atoms with Crippen LogP contribution in [0, 0.1) is 6.92 Å². The summed E-state index contributed by atoms with van der Waals surface area (Å²) in [7, 11) is 0. The van der Waals surface area contributed by atoms with Crippen LogP contribution >= 0.6 is 0 Å². The Morgan fingerprint density at radius 2 is 0.904 bits per heavy atom. The van der Waals surface area contributed by atoms with Crippen molar-refractivity contribution in [3.8, 4) is 28.7 Å². The second kappa shape index (κ2) is 9.14. The highest BCUT2D eigenvalue weighted by atomic mass is 16.5. The van der Waals surface area contributed by atoms with Crippen LogP contribution in [0.4, 0.5) is 0 Å². The summed E-state index contributed by atoms with van der Waals surface area (Å²) in [5, 5.41) is 7.56. The molecule has 0 bridgehead atoms. The summed E-state index contributed by atoms with van der Waals surface area (Å²) >= 11 is 0. The van der Waals surface area contributed by atoms with E-state index >= 15 is 0 Å². The Bertz CT molecular complexity index is 2810. The van der Waals surface area contributed by atoms with Gasteiger partial charge in [-0.05, 0) is 107 Å². The van der Waals surface area contributed by atoms with Crippen molar-refractivity contribution in [3.05, 3.63) is 114 Å².